The Balaban J connectivity index is 3.07. The van der Waals surface area contributed by atoms with Gasteiger partial charge in [0, 0.05) is 11.8 Å². The van der Waals surface area contributed by atoms with Gasteiger partial charge in [0.25, 0.3) is 0 Å². The highest BCUT2D eigenvalue weighted by molar-refractivity contribution is 9.18. The third-order valence-corrected chi connectivity index (χ3v) is 1.62. The molecule has 4 heteroatoms. The number of hydrogen-bond acceptors (Lipinski definition) is 2. The first-order valence-corrected chi connectivity index (χ1v) is 3.68. The molecule has 0 saturated heterocycles. The zero-order valence-corrected chi connectivity index (χ0v) is 7.19. The predicted octanol–water partition coefficient (Wildman–Crippen LogP) is 2.27. The second-order valence-electron chi connectivity index (χ2n) is 1.64. The van der Waals surface area contributed by atoms with E-state index in [9.17, 15) is 4.79 Å². The van der Waals surface area contributed by atoms with Crippen molar-refractivity contribution in [2.75, 3.05) is 0 Å². The van der Waals surface area contributed by atoms with Crippen LogP contribution in [0.15, 0.2) is 18.3 Å². The summed E-state index contributed by atoms with van der Waals surface area (Å²) in [6.07, 6.45) is 1.48. The smallest absolute Gasteiger partial charge is 0.228 e. The lowest BCUT2D eigenvalue weighted by atomic mass is 10.3. The van der Waals surface area contributed by atoms with Gasteiger partial charge >= 0.3 is 0 Å². The average Bonchev–Trinajstić information content (AvgIpc) is 1.88. The number of nitrogens with zero attached hydrogens (tertiary/aromatic N) is 1. The Hall–Kier alpha value is -0.410. The molecule has 0 amide bonds. The molecular formula is C6H3BrClNO. The van der Waals surface area contributed by atoms with Crippen molar-refractivity contribution in [3.05, 3.63) is 29.0 Å². The highest BCUT2D eigenvalue weighted by atomic mass is 79.9. The first-order chi connectivity index (χ1) is 4.70. The number of carbonyl (C=O) groups is 1. The third kappa shape index (κ3) is 1.78. The number of carbonyl (C=O) groups excluding carboxylic acids is 1. The molecule has 1 aromatic rings. The minimum absolute atomic E-state index is 0.184. The standard InChI is InChI=1S/C6H3BrClNO/c7-6(10)4-1-2-9-5(8)3-4/h1-3H. The van der Waals surface area contributed by atoms with Gasteiger partial charge in [-0.05, 0) is 28.1 Å². The Morgan fingerprint density at radius 2 is 2.40 bits per heavy atom. The highest BCUT2D eigenvalue weighted by Gasteiger charge is 1.99. The van der Waals surface area contributed by atoms with Gasteiger partial charge in [-0.3, -0.25) is 4.79 Å². The van der Waals surface area contributed by atoms with Crippen LogP contribution < -0.4 is 0 Å². The maximum atomic E-state index is 10.6. The van der Waals surface area contributed by atoms with Crippen LogP contribution in [0.4, 0.5) is 0 Å². The van der Waals surface area contributed by atoms with Crippen LogP contribution >= 0.6 is 27.5 Å². The maximum absolute atomic E-state index is 10.6. The molecule has 0 aliphatic heterocycles. The normalized spacial score (nSPS) is 9.40. The van der Waals surface area contributed by atoms with Crippen LogP contribution in [0, 0.1) is 0 Å². The summed E-state index contributed by atoms with van der Waals surface area (Å²) in [5, 5.41) is 0.324. The van der Waals surface area contributed by atoms with Gasteiger partial charge in [-0.2, -0.15) is 0 Å². The highest BCUT2D eigenvalue weighted by Crippen LogP contribution is 2.09. The van der Waals surface area contributed by atoms with E-state index < -0.39 is 0 Å². The van der Waals surface area contributed by atoms with Gasteiger partial charge in [0.1, 0.15) is 5.15 Å². The van der Waals surface area contributed by atoms with E-state index in [1.54, 1.807) is 6.07 Å². The topological polar surface area (TPSA) is 30.0 Å². The molecule has 0 fully saturated rings. The molecule has 0 aliphatic rings. The van der Waals surface area contributed by atoms with Crippen molar-refractivity contribution < 1.29 is 4.79 Å². The molecule has 0 aromatic carbocycles. The van der Waals surface area contributed by atoms with Gasteiger partial charge in [-0.1, -0.05) is 11.6 Å². The molecular weight excluding hydrogens is 217 g/mol. The molecule has 0 radical (unpaired) electrons. The van der Waals surface area contributed by atoms with Gasteiger partial charge < -0.3 is 0 Å². The van der Waals surface area contributed by atoms with E-state index in [1.165, 1.54) is 12.3 Å². The van der Waals surface area contributed by atoms with E-state index in [1.807, 2.05) is 0 Å². The molecule has 1 aromatic heterocycles. The SMILES string of the molecule is O=C(Br)c1ccnc(Cl)c1. The van der Waals surface area contributed by atoms with Crippen molar-refractivity contribution in [2.24, 2.45) is 0 Å². The van der Waals surface area contributed by atoms with Crippen molar-refractivity contribution in [3.63, 3.8) is 0 Å². The quantitative estimate of drug-likeness (QED) is 0.537. The van der Waals surface area contributed by atoms with Crippen LogP contribution in [0.5, 0.6) is 0 Å². The number of halogens is 2. The van der Waals surface area contributed by atoms with Gasteiger partial charge in [0.05, 0.1) is 0 Å². The van der Waals surface area contributed by atoms with E-state index in [-0.39, 0.29) is 4.69 Å². The first-order valence-electron chi connectivity index (χ1n) is 2.51. The fourth-order valence-electron chi connectivity index (χ4n) is 0.525. The lowest BCUT2D eigenvalue weighted by molar-refractivity contribution is 0.109. The summed E-state index contributed by atoms with van der Waals surface area (Å²) in [5.41, 5.74) is 0.514. The zero-order valence-electron chi connectivity index (χ0n) is 4.84. The molecule has 0 aliphatic carbocycles. The molecule has 0 bridgehead atoms. The number of rotatable bonds is 1. The third-order valence-electron chi connectivity index (χ3n) is 0.954. The van der Waals surface area contributed by atoms with Crippen LogP contribution in [0.25, 0.3) is 0 Å². The van der Waals surface area contributed by atoms with E-state index in [0.29, 0.717) is 10.7 Å². The zero-order chi connectivity index (χ0) is 7.56. The summed E-state index contributed by atoms with van der Waals surface area (Å²) in [7, 11) is 0. The monoisotopic (exact) mass is 219 g/mol. The average molecular weight is 220 g/mol. The van der Waals surface area contributed by atoms with Gasteiger partial charge in [-0.15, -0.1) is 0 Å². The van der Waals surface area contributed by atoms with Gasteiger partial charge in [0.15, 0.2) is 0 Å². The Labute approximate surface area is 71.3 Å². The fraction of sp³-hybridized carbons (Fsp3) is 0. The van der Waals surface area contributed by atoms with Crippen LogP contribution in [-0.4, -0.2) is 9.68 Å². The van der Waals surface area contributed by atoms with Crippen LogP contribution in [0.2, 0.25) is 5.15 Å². The predicted molar refractivity (Wildman–Crippen MR) is 42.5 cm³/mol. The lowest BCUT2D eigenvalue weighted by Gasteiger charge is -1.91. The van der Waals surface area contributed by atoms with Crippen molar-refractivity contribution >= 4 is 32.2 Å². The van der Waals surface area contributed by atoms with Crippen molar-refractivity contribution in [2.45, 2.75) is 0 Å². The van der Waals surface area contributed by atoms with Gasteiger partial charge in [-0.25, -0.2) is 4.98 Å². The van der Waals surface area contributed by atoms with E-state index >= 15 is 0 Å². The number of aromatic nitrogens is 1. The summed E-state index contributed by atoms with van der Waals surface area (Å²) < 4.78 is -0.184. The van der Waals surface area contributed by atoms with Gasteiger partial charge in [0.2, 0.25) is 4.69 Å². The molecule has 0 unspecified atom stereocenters. The Morgan fingerprint density at radius 3 is 2.80 bits per heavy atom. The van der Waals surface area contributed by atoms with Crippen LogP contribution in [0.1, 0.15) is 10.4 Å². The molecule has 0 spiro atoms. The summed E-state index contributed by atoms with van der Waals surface area (Å²) >= 11 is 8.30. The minimum Gasteiger partial charge on any atom is -0.281 e. The second-order valence-corrected chi connectivity index (χ2v) is 2.75. The van der Waals surface area contributed by atoms with Crippen molar-refractivity contribution in [1.29, 1.82) is 0 Å². The number of hydrogen-bond donors (Lipinski definition) is 0. The summed E-state index contributed by atoms with van der Waals surface area (Å²) in [5.74, 6) is 0. The Morgan fingerprint density at radius 1 is 1.70 bits per heavy atom. The summed E-state index contributed by atoms with van der Waals surface area (Å²) in [6.45, 7) is 0. The number of pyridine rings is 1. The first kappa shape index (κ1) is 7.69. The largest absolute Gasteiger partial charge is 0.281 e. The molecule has 0 saturated carbocycles. The van der Waals surface area contributed by atoms with Crippen LogP contribution in [0.3, 0.4) is 0 Å². The van der Waals surface area contributed by atoms with Crippen molar-refractivity contribution in [1.82, 2.24) is 4.98 Å². The molecule has 0 N–H and O–H groups in total. The summed E-state index contributed by atoms with van der Waals surface area (Å²) in [4.78, 5) is 14.3. The molecule has 1 rings (SSSR count). The Kier molecular flexibility index (Phi) is 2.40. The van der Waals surface area contributed by atoms with E-state index in [2.05, 4.69) is 20.9 Å². The molecule has 1 heterocycles. The Bertz CT molecular complexity index is 264. The minimum atomic E-state index is -0.184. The van der Waals surface area contributed by atoms with Crippen LogP contribution in [-0.2, 0) is 0 Å². The molecule has 2 nitrogen and oxygen atoms in total. The summed E-state index contributed by atoms with van der Waals surface area (Å²) in [6, 6.07) is 3.08. The lowest BCUT2D eigenvalue weighted by Crippen LogP contribution is -1.87. The van der Waals surface area contributed by atoms with E-state index in [0.717, 1.165) is 0 Å². The van der Waals surface area contributed by atoms with E-state index in [4.69, 9.17) is 11.6 Å². The fourth-order valence-corrected chi connectivity index (χ4v) is 0.945. The maximum Gasteiger partial charge on any atom is 0.228 e. The second kappa shape index (κ2) is 3.12. The molecule has 10 heavy (non-hydrogen) atoms. The van der Waals surface area contributed by atoms with Crippen molar-refractivity contribution in [3.8, 4) is 0 Å². The molecule has 52 valence electrons. The molecule has 0 atom stereocenters.